The number of nitrogens with zero attached hydrogens (tertiary/aromatic N) is 2. The van der Waals surface area contributed by atoms with Crippen molar-refractivity contribution in [3.8, 4) is 0 Å². The van der Waals surface area contributed by atoms with Crippen molar-refractivity contribution in [3.63, 3.8) is 0 Å². The third-order valence-corrected chi connectivity index (χ3v) is 6.80. The molecule has 1 aliphatic heterocycles. The van der Waals surface area contributed by atoms with E-state index in [1.54, 1.807) is 7.11 Å². The van der Waals surface area contributed by atoms with Gasteiger partial charge in [-0.15, -0.1) is 0 Å². The van der Waals surface area contributed by atoms with Crippen LogP contribution in [0.5, 0.6) is 0 Å². The smallest absolute Gasteiger partial charge is 0.223 e. The van der Waals surface area contributed by atoms with Gasteiger partial charge in [-0.2, -0.15) is 0 Å². The highest BCUT2D eigenvalue weighted by molar-refractivity contribution is 5.79. The Morgan fingerprint density at radius 3 is 2.42 bits per heavy atom. The molecule has 144 valence electrons. The highest BCUT2D eigenvalue weighted by Crippen LogP contribution is 2.50. The quantitative estimate of drug-likeness (QED) is 0.697. The number of ether oxygens (including phenoxy) is 1. The molecule has 0 aromatic heterocycles. The molecule has 1 saturated heterocycles. The molecule has 2 fully saturated rings. The number of hydrogen-bond acceptors (Lipinski definition) is 3. The predicted molar refractivity (Wildman–Crippen MR) is 105 cm³/mol. The first-order valence-electron chi connectivity index (χ1n) is 9.97. The van der Waals surface area contributed by atoms with E-state index in [2.05, 4.69) is 48.2 Å². The molecule has 26 heavy (non-hydrogen) atoms. The topological polar surface area (TPSA) is 32.8 Å². The Balaban J connectivity index is 1.61. The molecule has 1 saturated carbocycles. The van der Waals surface area contributed by atoms with Crippen LogP contribution in [0.4, 0.5) is 0 Å². The SMILES string of the molecule is COCCC[C@]1(N(C)C)CC[C@]2(CC1)CC(=O)N(Cc1ccccc1)C2. The van der Waals surface area contributed by atoms with Gasteiger partial charge in [0.15, 0.2) is 0 Å². The summed E-state index contributed by atoms with van der Waals surface area (Å²) in [4.78, 5) is 17.2. The highest BCUT2D eigenvalue weighted by atomic mass is 16.5. The van der Waals surface area contributed by atoms with Crippen LogP contribution in [0.1, 0.15) is 50.5 Å². The molecule has 1 aromatic rings. The molecule has 1 heterocycles. The van der Waals surface area contributed by atoms with E-state index in [9.17, 15) is 4.79 Å². The van der Waals surface area contributed by atoms with Crippen molar-refractivity contribution in [2.45, 2.75) is 57.0 Å². The number of carbonyl (C=O) groups is 1. The van der Waals surface area contributed by atoms with Crippen LogP contribution in [0.15, 0.2) is 30.3 Å². The van der Waals surface area contributed by atoms with Crippen molar-refractivity contribution in [1.29, 1.82) is 0 Å². The zero-order valence-electron chi connectivity index (χ0n) is 16.7. The summed E-state index contributed by atoms with van der Waals surface area (Å²) in [5, 5.41) is 0. The third-order valence-electron chi connectivity index (χ3n) is 6.80. The first-order chi connectivity index (χ1) is 12.5. The highest BCUT2D eigenvalue weighted by Gasteiger charge is 2.49. The lowest BCUT2D eigenvalue weighted by molar-refractivity contribution is -0.128. The second-order valence-electron chi connectivity index (χ2n) is 8.63. The molecule has 1 spiro atoms. The lowest BCUT2D eigenvalue weighted by Gasteiger charge is -2.48. The Morgan fingerprint density at radius 1 is 1.12 bits per heavy atom. The minimum Gasteiger partial charge on any atom is -0.385 e. The summed E-state index contributed by atoms with van der Waals surface area (Å²) in [5.41, 5.74) is 1.71. The van der Waals surface area contributed by atoms with Crippen LogP contribution in [-0.4, -0.2) is 55.6 Å². The summed E-state index contributed by atoms with van der Waals surface area (Å²) < 4.78 is 5.27. The van der Waals surface area contributed by atoms with Crippen molar-refractivity contribution >= 4 is 5.91 Å². The monoisotopic (exact) mass is 358 g/mol. The maximum Gasteiger partial charge on any atom is 0.223 e. The summed E-state index contributed by atoms with van der Waals surface area (Å²) in [6.07, 6.45) is 7.74. The fraction of sp³-hybridized carbons (Fsp3) is 0.682. The molecule has 0 radical (unpaired) electrons. The van der Waals surface area contributed by atoms with Gasteiger partial charge in [0, 0.05) is 38.8 Å². The lowest BCUT2D eigenvalue weighted by atomic mass is 9.65. The van der Waals surface area contributed by atoms with E-state index in [1.165, 1.54) is 24.8 Å². The average molecular weight is 359 g/mol. The first kappa shape index (κ1) is 19.4. The molecular formula is C22H34N2O2. The molecule has 1 amide bonds. The number of benzene rings is 1. The van der Waals surface area contributed by atoms with Crippen LogP contribution in [0, 0.1) is 5.41 Å². The summed E-state index contributed by atoms with van der Waals surface area (Å²) in [7, 11) is 6.21. The van der Waals surface area contributed by atoms with E-state index >= 15 is 0 Å². The Labute approximate surface area is 158 Å². The van der Waals surface area contributed by atoms with Crippen molar-refractivity contribution in [1.82, 2.24) is 9.80 Å². The molecule has 0 atom stereocenters. The largest absolute Gasteiger partial charge is 0.385 e. The second-order valence-corrected chi connectivity index (χ2v) is 8.63. The van der Waals surface area contributed by atoms with E-state index in [0.29, 0.717) is 5.91 Å². The standard InChI is InChI=1S/C22H34N2O2/c1-23(2)22(10-7-15-26-3)13-11-21(12-14-22)16-20(25)24(18-21)17-19-8-5-4-6-9-19/h4-6,8-9H,7,10-18H2,1-3H3/t21-,22-. The average Bonchev–Trinajstić information content (AvgIpc) is 2.93. The van der Waals surface area contributed by atoms with Gasteiger partial charge in [0.1, 0.15) is 0 Å². The molecule has 1 aliphatic carbocycles. The van der Waals surface area contributed by atoms with Gasteiger partial charge in [-0.25, -0.2) is 0 Å². The molecule has 0 bridgehead atoms. The van der Waals surface area contributed by atoms with E-state index in [4.69, 9.17) is 4.74 Å². The van der Waals surface area contributed by atoms with Crippen molar-refractivity contribution in [2.75, 3.05) is 34.4 Å². The van der Waals surface area contributed by atoms with Crippen LogP contribution in [0.25, 0.3) is 0 Å². The van der Waals surface area contributed by atoms with Crippen molar-refractivity contribution < 1.29 is 9.53 Å². The fourth-order valence-corrected chi connectivity index (χ4v) is 4.98. The number of carbonyl (C=O) groups excluding carboxylic acids is 1. The van der Waals surface area contributed by atoms with Crippen LogP contribution in [0.3, 0.4) is 0 Å². The number of rotatable bonds is 7. The number of amides is 1. The molecule has 0 unspecified atom stereocenters. The zero-order chi connectivity index (χ0) is 18.6. The molecule has 3 rings (SSSR count). The molecular weight excluding hydrogens is 324 g/mol. The molecule has 4 heteroatoms. The van der Waals surface area contributed by atoms with E-state index < -0.39 is 0 Å². The number of likely N-dealkylation sites (tertiary alicyclic amines) is 1. The van der Waals surface area contributed by atoms with Crippen LogP contribution < -0.4 is 0 Å². The molecule has 4 nitrogen and oxygen atoms in total. The number of hydrogen-bond donors (Lipinski definition) is 0. The Hall–Kier alpha value is -1.39. The zero-order valence-corrected chi connectivity index (χ0v) is 16.7. The Bertz CT molecular complexity index is 591. The lowest BCUT2D eigenvalue weighted by Crippen LogP contribution is -2.49. The first-order valence-corrected chi connectivity index (χ1v) is 9.97. The Morgan fingerprint density at radius 2 is 1.81 bits per heavy atom. The maximum atomic E-state index is 12.7. The fourth-order valence-electron chi connectivity index (χ4n) is 4.98. The van der Waals surface area contributed by atoms with Gasteiger partial charge in [0.05, 0.1) is 0 Å². The van der Waals surface area contributed by atoms with Gasteiger partial charge < -0.3 is 14.5 Å². The van der Waals surface area contributed by atoms with E-state index in [-0.39, 0.29) is 11.0 Å². The summed E-state index contributed by atoms with van der Waals surface area (Å²) >= 11 is 0. The van der Waals surface area contributed by atoms with Gasteiger partial charge in [0.25, 0.3) is 0 Å². The van der Waals surface area contributed by atoms with Crippen LogP contribution in [-0.2, 0) is 16.1 Å². The summed E-state index contributed by atoms with van der Waals surface area (Å²) in [6, 6.07) is 10.4. The predicted octanol–water partition coefficient (Wildman–Crippen LogP) is 3.71. The summed E-state index contributed by atoms with van der Waals surface area (Å²) in [6.45, 7) is 2.53. The van der Waals surface area contributed by atoms with Crippen molar-refractivity contribution in [3.05, 3.63) is 35.9 Å². The van der Waals surface area contributed by atoms with Gasteiger partial charge in [0.2, 0.25) is 5.91 Å². The summed E-state index contributed by atoms with van der Waals surface area (Å²) in [5.74, 6) is 0.339. The van der Waals surface area contributed by atoms with Gasteiger partial charge in [-0.3, -0.25) is 4.79 Å². The minimum absolute atomic E-state index is 0.201. The molecule has 2 aliphatic rings. The van der Waals surface area contributed by atoms with Gasteiger partial charge >= 0.3 is 0 Å². The van der Waals surface area contributed by atoms with Crippen molar-refractivity contribution in [2.24, 2.45) is 5.41 Å². The third kappa shape index (κ3) is 4.12. The van der Waals surface area contributed by atoms with Crippen LogP contribution >= 0.6 is 0 Å². The van der Waals surface area contributed by atoms with E-state index in [1.807, 2.05) is 6.07 Å². The van der Waals surface area contributed by atoms with Gasteiger partial charge in [-0.1, -0.05) is 30.3 Å². The maximum absolute atomic E-state index is 12.7. The van der Waals surface area contributed by atoms with Gasteiger partial charge in [-0.05, 0) is 63.6 Å². The molecule has 1 aromatic carbocycles. The second kappa shape index (κ2) is 8.10. The minimum atomic E-state index is 0.201. The van der Waals surface area contributed by atoms with Crippen LogP contribution in [0.2, 0.25) is 0 Å². The van der Waals surface area contributed by atoms with E-state index in [0.717, 1.165) is 45.4 Å². The number of methoxy groups -OCH3 is 1. The molecule has 0 N–H and O–H groups in total. The Kier molecular flexibility index (Phi) is 6.03. The normalized spacial score (nSPS) is 29.1.